The molecule has 3 unspecified atom stereocenters. The van der Waals surface area contributed by atoms with Gasteiger partial charge >= 0.3 is 0 Å². The Labute approximate surface area is 120 Å². The maximum atomic E-state index is 10.2. The predicted octanol–water partition coefficient (Wildman–Crippen LogP) is 3.41. The first-order valence-corrected chi connectivity index (χ1v) is 7.88. The molecule has 4 heteroatoms. The third-order valence-electron chi connectivity index (χ3n) is 5.39. The van der Waals surface area contributed by atoms with E-state index in [-0.39, 0.29) is 0 Å². The molecule has 0 aromatic carbocycles. The molecule has 0 radical (unpaired) electrons. The van der Waals surface area contributed by atoms with Gasteiger partial charge in [0.1, 0.15) is 0 Å². The van der Waals surface area contributed by atoms with Crippen molar-refractivity contribution < 1.29 is 9.59 Å². The first-order valence-electron chi connectivity index (χ1n) is 7.88. The van der Waals surface area contributed by atoms with Gasteiger partial charge in [-0.1, -0.05) is 12.8 Å². The Hall–Kier alpha value is -1.24. The third-order valence-corrected chi connectivity index (χ3v) is 5.39. The first kappa shape index (κ1) is 15.2. The Morgan fingerprint density at radius 1 is 1.05 bits per heavy atom. The second-order valence-corrected chi connectivity index (χ2v) is 6.45. The number of carbonyl (C=O) groups excluding carboxylic acids is 2. The summed E-state index contributed by atoms with van der Waals surface area (Å²) in [7, 11) is 0. The summed E-state index contributed by atoms with van der Waals surface area (Å²) < 4.78 is 0. The molecule has 2 bridgehead atoms. The van der Waals surface area contributed by atoms with Crippen LogP contribution in [0, 0.1) is 17.3 Å². The van der Waals surface area contributed by atoms with Gasteiger partial charge in [-0.2, -0.15) is 0 Å². The summed E-state index contributed by atoms with van der Waals surface area (Å²) in [6.07, 6.45) is 14.4. The van der Waals surface area contributed by atoms with Crippen molar-refractivity contribution in [2.75, 3.05) is 13.1 Å². The summed E-state index contributed by atoms with van der Waals surface area (Å²) in [5.74, 6) is 1.67. The molecule has 4 nitrogen and oxygen atoms in total. The molecule has 3 atom stereocenters. The average molecular weight is 276 g/mol. The molecule has 0 saturated heterocycles. The third kappa shape index (κ3) is 3.65. The summed E-state index contributed by atoms with van der Waals surface area (Å²) in [4.78, 5) is 27.5. The molecule has 0 spiro atoms. The number of aliphatic imine (C=N–C) groups is 2. The Morgan fingerprint density at radius 3 is 2.60 bits per heavy atom. The van der Waals surface area contributed by atoms with Gasteiger partial charge in [0.15, 0.2) is 0 Å². The minimum atomic E-state index is 0.525. The van der Waals surface area contributed by atoms with Crippen LogP contribution in [0.15, 0.2) is 9.98 Å². The van der Waals surface area contributed by atoms with E-state index < -0.39 is 0 Å². The molecule has 0 aliphatic heterocycles. The second-order valence-electron chi connectivity index (χ2n) is 6.45. The molecule has 2 aliphatic rings. The fourth-order valence-corrected chi connectivity index (χ4v) is 4.51. The Balaban J connectivity index is 1.76. The van der Waals surface area contributed by atoms with Crippen molar-refractivity contribution in [2.24, 2.45) is 27.2 Å². The largest absolute Gasteiger partial charge is 0.234 e. The molecule has 2 fully saturated rings. The molecular weight excluding hydrogens is 252 g/mol. The molecular formula is C16H24N2O2. The van der Waals surface area contributed by atoms with Crippen LogP contribution in [0.3, 0.4) is 0 Å². The quantitative estimate of drug-likeness (QED) is 0.368. The highest BCUT2D eigenvalue weighted by atomic mass is 16.1. The molecule has 0 heterocycles. The van der Waals surface area contributed by atoms with Crippen molar-refractivity contribution in [2.45, 2.75) is 57.8 Å². The summed E-state index contributed by atoms with van der Waals surface area (Å²) in [6, 6.07) is 0. The molecule has 0 amide bonds. The van der Waals surface area contributed by atoms with Crippen molar-refractivity contribution in [3.8, 4) is 0 Å². The van der Waals surface area contributed by atoms with E-state index in [1.165, 1.54) is 38.5 Å². The van der Waals surface area contributed by atoms with Crippen molar-refractivity contribution in [1.82, 2.24) is 0 Å². The summed E-state index contributed by atoms with van der Waals surface area (Å²) in [5.41, 5.74) is 0.525. The first-order chi connectivity index (χ1) is 9.80. The van der Waals surface area contributed by atoms with Crippen molar-refractivity contribution in [3.63, 3.8) is 0 Å². The highest BCUT2D eigenvalue weighted by molar-refractivity contribution is 5.32. The molecule has 2 rings (SSSR count). The summed E-state index contributed by atoms with van der Waals surface area (Å²) in [6.45, 7) is 1.27. The van der Waals surface area contributed by atoms with Crippen LogP contribution >= 0.6 is 0 Å². The fraction of sp³-hybridized carbons (Fsp3) is 0.875. The van der Waals surface area contributed by atoms with E-state index in [1.807, 2.05) is 0 Å². The summed E-state index contributed by atoms with van der Waals surface area (Å²) >= 11 is 0. The molecule has 2 aliphatic carbocycles. The lowest BCUT2D eigenvalue weighted by Gasteiger charge is -2.35. The number of isocyanates is 2. The van der Waals surface area contributed by atoms with Gasteiger partial charge < -0.3 is 0 Å². The second kappa shape index (κ2) is 7.52. The van der Waals surface area contributed by atoms with Crippen LogP contribution in [0.25, 0.3) is 0 Å². The van der Waals surface area contributed by atoms with E-state index in [0.717, 1.165) is 31.1 Å². The van der Waals surface area contributed by atoms with Gasteiger partial charge in [0.05, 0.1) is 13.1 Å². The van der Waals surface area contributed by atoms with E-state index in [2.05, 4.69) is 9.98 Å². The van der Waals surface area contributed by atoms with E-state index >= 15 is 0 Å². The van der Waals surface area contributed by atoms with Crippen LogP contribution in [0.1, 0.15) is 57.8 Å². The highest BCUT2D eigenvalue weighted by Gasteiger charge is 2.50. The van der Waals surface area contributed by atoms with E-state index in [9.17, 15) is 9.59 Å². The Morgan fingerprint density at radius 2 is 1.85 bits per heavy atom. The zero-order chi connectivity index (χ0) is 14.3. The lowest BCUT2D eigenvalue weighted by atomic mass is 9.70. The van der Waals surface area contributed by atoms with Gasteiger partial charge in [0, 0.05) is 0 Å². The van der Waals surface area contributed by atoms with Gasteiger partial charge in [-0.05, 0) is 62.2 Å². The van der Waals surface area contributed by atoms with E-state index in [1.54, 1.807) is 12.2 Å². The van der Waals surface area contributed by atoms with Crippen molar-refractivity contribution in [3.05, 3.63) is 0 Å². The fourth-order valence-electron chi connectivity index (χ4n) is 4.51. The van der Waals surface area contributed by atoms with Crippen LogP contribution < -0.4 is 0 Å². The van der Waals surface area contributed by atoms with Crippen molar-refractivity contribution in [1.29, 1.82) is 0 Å². The normalized spacial score (nSPS) is 30.8. The summed E-state index contributed by atoms with van der Waals surface area (Å²) in [5, 5.41) is 0. The van der Waals surface area contributed by atoms with Gasteiger partial charge in [-0.25, -0.2) is 19.6 Å². The number of rotatable bonds is 9. The minimum Gasteiger partial charge on any atom is -0.211 e. The average Bonchev–Trinajstić information content (AvgIpc) is 3.01. The maximum absolute atomic E-state index is 10.2. The standard InChI is InChI=1S/C16H24N2O2/c19-12-17-8-3-1-2-6-16-7-4-14(11-16)10-15(16)5-9-18-13-20/h14-15H,1-11H2. The number of unbranched alkanes of at least 4 members (excludes halogenated alkanes) is 2. The highest BCUT2D eigenvalue weighted by Crippen LogP contribution is 2.61. The van der Waals surface area contributed by atoms with Crippen LogP contribution in [-0.4, -0.2) is 25.2 Å². The number of fused-ring (bicyclic) bond motifs is 2. The maximum Gasteiger partial charge on any atom is 0.234 e. The lowest BCUT2D eigenvalue weighted by Crippen LogP contribution is -2.26. The molecule has 110 valence electrons. The van der Waals surface area contributed by atoms with Gasteiger partial charge in [0.2, 0.25) is 12.2 Å². The topological polar surface area (TPSA) is 58.9 Å². The molecule has 0 N–H and O–H groups in total. The minimum absolute atomic E-state index is 0.525. The van der Waals surface area contributed by atoms with Crippen LogP contribution in [0.5, 0.6) is 0 Å². The zero-order valence-corrected chi connectivity index (χ0v) is 12.1. The zero-order valence-electron chi connectivity index (χ0n) is 12.1. The SMILES string of the molecule is O=C=NCCCCCC12CCC(CC1CCN=C=O)C2. The van der Waals surface area contributed by atoms with E-state index in [4.69, 9.17) is 0 Å². The number of hydrogen-bond donors (Lipinski definition) is 0. The molecule has 20 heavy (non-hydrogen) atoms. The Bertz CT molecular complexity index is 411. The predicted molar refractivity (Wildman–Crippen MR) is 76.9 cm³/mol. The van der Waals surface area contributed by atoms with Gasteiger partial charge in [0.25, 0.3) is 0 Å². The van der Waals surface area contributed by atoms with Crippen LogP contribution in [0.4, 0.5) is 0 Å². The van der Waals surface area contributed by atoms with Crippen molar-refractivity contribution >= 4 is 12.2 Å². The van der Waals surface area contributed by atoms with Gasteiger partial charge in [-0.3, -0.25) is 0 Å². The lowest BCUT2D eigenvalue weighted by molar-refractivity contribution is 0.156. The van der Waals surface area contributed by atoms with Crippen LogP contribution in [0.2, 0.25) is 0 Å². The molecule has 0 aromatic rings. The molecule has 2 saturated carbocycles. The smallest absolute Gasteiger partial charge is 0.211 e. The molecule has 0 aromatic heterocycles. The van der Waals surface area contributed by atoms with Gasteiger partial charge in [-0.15, -0.1) is 0 Å². The Kier molecular flexibility index (Phi) is 5.70. The number of hydrogen-bond acceptors (Lipinski definition) is 4. The van der Waals surface area contributed by atoms with E-state index in [0.29, 0.717) is 18.5 Å². The monoisotopic (exact) mass is 276 g/mol. The number of nitrogens with zero attached hydrogens (tertiary/aromatic N) is 2. The van der Waals surface area contributed by atoms with Crippen LogP contribution in [-0.2, 0) is 9.59 Å².